The Morgan fingerprint density at radius 2 is 1.26 bits per heavy atom. The highest BCUT2D eigenvalue weighted by Crippen LogP contribution is 2.33. The van der Waals surface area contributed by atoms with Crippen LogP contribution in [0.4, 0.5) is 17.3 Å². The van der Waals surface area contributed by atoms with E-state index in [0.29, 0.717) is 0 Å². The standard InChI is InChI=1S/C12H9N9O2/c13-1-5-19(6-2-14)11-10(21(22)23)12(18-9-17-11)20(7-3-15)8-4-16/h9H,5-8H2. The van der Waals surface area contributed by atoms with Crippen molar-refractivity contribution in [3.8, 4) is 24.3 Å². The monoisotopic (exact) mass is 311 g/mol. The minimum Gasteiger partial charge on any atom is -0.324 e. The second-order valence-electron chi connectivity index (χ2n) is 3.97. The van der Waals surface area contributed by atoms with Crippen LogP contribution in [0.2, 0.25) is 0 Å². The molecule has 11 heteroatoms. The molecule has 0 bridgehead atoms. The van der Waals surface area contributed by atoms with Crippen molar-refractivity contribution in [2.75, 3.05) is 36.0 Å². The molecule has 0 spiro atoms. The third kappa shape index (κ3) is 4.01. The third-order valence-corrected chi connectivity index (χ3v) is 2.61. The molecule has 0 aliphatic rings. The lowest BCUT2D eigenvalue weighted by atomic mass is 10.3. The van der Waals surface area contributed by atoms with E-state index in [1.807, 2.05) is 0 Å². The molecule has 114 valence electrons. The highest BCUT2D eigenvalue weighted by molar-refractivity contribution is 5.72. The summed E-state index contributed by atoms with van der Waals surface area (Å²) < 4.78 is 0. The number of anilines is 2. The van der Waals surface area contributed by atoms with E-state index in [2.05, 4.69) is 9.97 Å². The van der Waals surface area contributed by atoms with Crippen LogP contribution in [0.3, 0.4) is 0 Å². The Balaban J connectivity index is 3.51. The van der Waals surface area contributed by atoms with Crippen molar-refractivity contribution in [3.05, 3.63) is 16.4 Å². The molecule has 1 aromatic rings. The van der Waals surface area contributed by atoms with Gasteiger partial charge in [-0.2, -0.15) is 21.0 Å². The second-order valence-corrected chi connectivity index (χ2v) is 3.97. The molecule has 0 aliphatic carbocycles. The van der Waals surface area contributed by atoms with Gasteiger partial charge in [0.2, 0.25) is 11.6 Å². The zero-order valence-electron chi connectivity index (χ0n) is 11.7. The lowest BCUT2D eigenvalue weighted by Gasteiger charge is -2.21. The van der Waals surface area contributed by atoms with Gasteiger partial charge in [-0.3, -0.25) is 10.1 Å². The van der Waals surface area contributed by atoms with E-state index in [1.165, 1.54) is 0 Å². The first-order valence-corrected chi connectivity index (χ1v) is 6.07. The van der Waals surface area contributed by atoms with E-state index >= 15 is 0 Å². The number of nitrogens with zero attached hydrogens (tertiary/aromatic N) is 9. The van der Waals surface area contributed by atoms with Gasteiger partial charge >= 0.3 is 5.69 Å². The van der Waals surface area contributed by atoms with Gasteiger partial charge in [-0.15, -0.1) is 0 Å². The topological polar surface area (TPSA) is 171 Å². The predicted molar refractivity (Wildman–Crippen MR) is 75.6 cm³/mol. The van der Waals surface area contributed by atoms with Gasteiger partial charge in [-0.1, -0.05) is 0 Å². The fourth-order valence-corrected chi connectivity index (χ4v) is 1.74. The minimum atomic E-state index is -0.770. The Morgan fingerprint density at radius 3 is 1.52 bits per heavy atom. The fourth-order valence-electron chi connectivity index (χ4n) is 1.74. The van der Waals surface area contributed by atoms with Crippen LogP contribution in [0.1, 0.15) is 0 Å². The molecule has 1 aromatic heterocycles. The minimum absolute atomic E-state index is 0.219. The van der Waals surface area contributed by atoms with Crippen molar-refractivity contribution in [3.63, 3.8) is 0 Å². The first-order valence-electron chi connectivity index (χ1n) is 6.07. The fraction of sp³-hybridized carbons (Fsp3) is 0.333. The van der Waals surface area contributed by atoms with Crippen LogP contribution in [0.15, 0.2) is 6.33 Å². The maximum Gasteiger partial charge on any atom is 0.353 e. The van der Waals surface area contributed by atoms with E-state index in [1.54, 1.807) is 24.3 Å². The van der Waals surface area contributed by atoms with Crippen molar-refractivity contribution in [2.45, 2.75) is 0 Å². The van der Waals surface area contributed by atoms with Crippen LogP contribution < -0.4 is 9.80 Å². The molecule has 23 heavy (non-hydrogen) atoms. The van der Waals surface area contributed by atoms with Crippen LogP contribution in [-0.4, -0.2) is 41.1 Å². The van der Waals surface area contributed by atoms with E-state index in [-0.39, 0.29) is 37.8 Å². The summed E-state index contributed by atoms with van der Waals surface area (Å²) in [6.45, 7) is -1.16. The van der Waals surface area contributed by atoms with Crippen molar-refractivity contribution in [2.24, 2.45) is 0 Å². The summed E-state index contributed by atoms with van der Waals surface area (Å²) in [5.41, 5.74) is -0.566. The van der Waals surface area contributed by atoms with Gasteiger partial charge in [0.25, 0.3) is 0 Å². The molecule has 11 nitrogen and oxygen atoms in total. The first-order chi connectivity index (χ1) is 11.1. The molecule has 0 radical (unpaired) electrons. The third-order valence-electron chi connectivity index (χ3n) is 2.61. The average Bonchev–Trinajstić information content (AvgIpc) is 2.53. The highest BCUT2D eigenvalue weighted by atomic mass is 16.6. The SMILES string of the molecule is N#CCN(CC#N)c1ncnc(N(CC#N)CC#N)c1[N+](=O)[O-]. The molecule has 1 heterocycles. The molecular weight excluding hydrogens is 302 g/mol. The van der Waals surface area contributed by atoms with E-state index in [0.717, 1.165) is 16.1 Å². The molecule has 0 fully saturated rings. The summed E-state index contributed by atoms with van der Waals surface area (Å²) in [6, 6.07) is 7.16. The van der Waals surface area contributed by atoms with Crippen LogP contribution >= 0.6 is 0 Å². The van der Waals surface area contributed by atoms with Crippen molar-refractivity contribution < 1.29 is 4.92 Å². The largest absolute Gasteiger partial charge is 0.353 e. The summed E-state index contributed by atoms with van der Waals surface area (Å²) in [4.78, 5) is 20.4. The molecule has 0 saturated carbocycles. The van der Waals surface area contributed by atoms with Gasteiger partial charge in [-0.25, -0.2) is 9.97 Å². The molecule has 1 rings (SSSR count). The lowest BCUT2D eigenvalue weighted by Crippen LogP contribution is -2.29. The number of nitriles is 4. The highest BCUT2D eigenvalue weighted by Gasteiger charge is 2.30. The summed E-state index contributed by atoms with van der Waals surface area (Å²) in [5.74, 6) is -0.437. The van der Waals surface area contributed by atoms with E-state index < -0.39 is 10.6 Å². The Morgan fingerprint density at radius 1 is 0.913 bits per heavy atom. The van der Waals surface area contributed by atoms with Crippen LogP contribution in [-0.2, 0) is 0 Å². The average molecular weight is 311 g/mol. The van der Waals surface area contributed by atoms with Crippen molar-refractivity contribution in [1.29, 1.82) is 21.0 Å². The molecule has 0 aliphatic heterocycles. The normalized spacial score (nSPS) is 8.87. The second kappa shape index (κ2) is 8.35. The number of nitro groups is 1. The van der Waals surface area contributed by atoms with E-state index in [4.69, 9.17) is 21.0 Å². The summed E-state index contributed by atoms with van der Waals surface area (Å²) >= 11 is 0. The molecule has 0 saturated heterocycles. The van der Waals surface area contributed by atoms with Crippen molar-refractivity contribution in [1.82, 2.24) is 9.97 Å². The van der Waals surface area contributed by atoms with Gasteiger partial charge in [0.05, 0.1) is 29.2 Å². The summed E-state index contributed by atoms with van der Waals surface area (Å²) in [6.07, 6.45) is 1.02. The molecule has 0 aromatic carbocycles. The number of aromatic nitrogens is 2. The Hall–Kier alpha value is -3.96. The molecular formula is C12H9N9O2. The quantitative estimate of drug-likeness (QED) is 0.381. The van der Waals surface area contributed by atoms with Crippen LogP contribution in [0, 0.1) is 55.4 Å². The van der Waals surface area contributed by atoms with Gasteiger partial charge in [0, 0.05) is 0 Å². The van der Waals surface area contributed by atoms with E-state index in [9.17, 15) is 10.1 Å². The predicted octanol–water partition coefficient (Wildman–Crippen LogP) is 0.0919. The maximum absolute atomic E-state index is 11.4. The van der Waals surface area contributed by atoms with Crippen LogP contribution in [0.25, 0.3) is 0 Å². The van der Waals surface area contributed by atoms with Gasteiger partial charge in [0.1, 0.15) is 32.5 Å². The molecule has 0 atom stereocenters. The zero-order chi connectivity index (χ0) is 17.2. The Bertz CT molecular complexity index is 664. The lowest BCUT2D eigenvalue weighted by molar-refractivity contribution is -0.383. The summed E-state index contributed by atoms with van der Waals surface area (Å²) in [7, 11) is 0. The van der Waals surface area contributed by atoms with Gasteiger partial charge in [0.15, 0.2) is 0 Å². The number of hydrogen-bond donors (Lipinski definition) is 0. The Kier molecular flexibility index (Phi) is 6.21. The van der Waals surface area contributed by atoms with Gasteiger partial charge < -0.3 is 9.80 Å². The molecule has 0 N–H and O–H groups in total. The zero-order valence-corrected chi connectivity index (χ0v) is 11.7. The molecule has 0 unspecified atom stereocenters. The first kappa shape index (κ1) is 17.1. The number of hydrogen-bond acceptors (Lipinski definition) is 10. The van der Waals surface area contributed by atoms with Crippen LogP contribution in [0.5, 0.6) is 0 Å². The summed E-state index contributed by atoms with van der Waals surface area (Å²) in [5, 5.41) is 46.6. The Labute approximate surface area is 131 Å². The van der Waals surface area contributed by atoms with Gasteiger partial charge in [-0.05, 0) is 0 Å². The number of rotatable bonds is 7. The maximum atomic E-state index is 11.4. The van der Waals surface area contributed by atoms with Crippen molar-refractivity contribution >= 4 is 17.3 Å². The smallest absolute Gasteiger partial charge is 0.324 e. The molecule has 0 amide bonds.